The Labute approximate surface area is 64.6 Å². The standard InChI is InChI=1S/C8H9OSi/c1-6-3-4-7(2)8(5-6)9-10/h3-5H,1-2H3. The first-order valence-corrected chi connectivity index (χ1v) is 3.55. The van der Waals surface area contributed by atoms with Crippen LogP contribution in [0.15, 0.2) is 18.2 Å². The Morgan fingerprint density at radius 1 is 1.30 bits per heavy atom. The first-order chi connectivity index (χ1) is 4.74. The van der Waals surface area contributed by atoms with Crippen molar-refractivity contribution in [3.63, 3.8) is 0 Å². The molecule has 0 amide bonds. The Kier molecular flexibility index (Phi) is 2.12. The fraction of sp³-hybridized carbons (Fsp3) is 0.250. The summed E-state index contributed by atoms with van der Waals surface area (Å²) in [6.45, 7) is 4.04. The average molecular weight is 149 g/mol. The van der Waals surface area contributed by atoms with Gasteiger partial charge >= 0.3 is 10.5 Å². The maximum absolute atomic E-state index is 4.93. The molecule has 0 bridgehead atoms. The maximum atomic E-state index is 4.93. The van der Waals surface area contributed by atoms with Crippen LogP contribution in [0.2, 0.25) is 0 Å². The van der Waals surface area contributed by atoms with E-state index in [2.05, 4.69) is 16.6 Å². The summed E-state index contributed by atoms with van der Waals surface area (Å²) in [4.78, 5) is 0. The van der Waals surface area contributed by atoms with E-state index in [4.69, 9.17) is 4.43 Å². The molecule has 0 fully saturated rings. The largest absolute Gasteiger partial charge is 0.540 e. The van der Waals surface area contributed by atoms with E-state index in [1.54, 1.807) is 0 Å². The lowest BCUT2D eigenvalue weighted by molar-refractivity contribution is 0.609. The average Bonchev–Trinajstić information content (AvgIpc) is 1.94. The SMILES string of the molecule is Cc1ccc(C)c(O[Si])c1. The zero-order chi connectivity index (χ0) is 7.56. The second-order valence-corrected chi connectivity index (χ2v) is 2.58. The van der Waals surface area contributed by atoms with Crippen LogP contribution >= 0.6 is 0 Å². The van der Waals surface area contributed by atoms with Crippen molar-refractivity contribution in [2.24, 2.45) is 0 Å². The Bertz CT molecular complexity index is 233. The van der Waals surface area contributed by atoms with Crippen molar-refractivity contribution in [2.45, 2.75) is 13.8 Å². The summed E-state index contributed by atoms with van der Waals surface area (Å²) in [7, 11) is 2.99. The topological polar surface area (TPSA) is 9.23 Å². The fourth-order valence-electron chi connectivity index (χ4n) is 0.817. The predicted molar refractivity (Wildman–Crippen MR) is 42.3 cm³/mol. The number of hydrogen-bond acceptors (Lipinski definition) is 1. The van der Waals surface area contributed by atoms with Crippen LogP contribution < -0.4 is 4.43 Å². The highest BCUT2D eigenvalue weighted by molar-refractivity contribution is 6.00. The summed E-state index contributed by atoms with van der Waals surface area (Å²) < 4.78 is 4.93. The molecule has 0 aliphatic heterocycles. The van der Waals surface area contributed by atoms with Gasteiger partial charge in [0.15, 0.2) is 0 Å². The summed E-state index contributed by atoms with van der Waals surface area (Å²) in [6, 6.07) is 6.08. The Morgan fingerprint density at radius 3 is 2.50 bits per heavy atom. The Morgan fingerprint density at radius 2 is 2.00 bits per heavy atom. The Hall–Kier alpha value is -0.763. The summed E-state index contributed by atoms with van der Waals surface area (Å²) in [6.07, 6.45) is 0. The minimum atomic E-state index is 0.886. The van der Waals surface area contributed by atoms with Crippen LogP contribution in [0, 0.1) is 13.8 Å². The van der Waals surface area contributed by atoms with Gasteiger partial charge in [0, 0.05) is 0 Å². The van der Waals surface area contributed by atoms with Crippen LogP contribution in [0.3, 0.4) is 0 Å². The highest BCUT2D eigenvalue weighted by Gasteiger charge is 1.94. The van der Waals surface area contributed by atoms with Gasteiger partial charge in [-0.25, -0.2) is 0 Å². The summed E-state index contributed by atoms with van der Waals surface area (Å²) in [5, 5.41) is 0. The molecule has 1 nitrogen and oxygen atoms in total. The fourth-order valence-corrected chi connectivity index (χ4v) is 1.04. The lowest BCUT2D eigenvalue weighted by Gasteiger charge is -2.03. The normalized spacial score (nSPS) is 9.50. The van der Waals surface area contributed by atoms with Crippen LogP contribution in [0.4, 0.5) is 0 Å². The zero-order valence-corrected chi connectivity index (χ0v) is 7.14. The molecule has 0 aliphatic carbocycles. The lowest BCUT2D eigenvalue weighted by Crippen LogP contribution is -1.88. The van der Waals surface area contributed by atoms with E-state index >= 15 is 0 Å². The van der Waals surface area contributed by atoms with E-state index in [0.29, 0.717) is 0 Å². The van der Waals surface area contributed by atoms with Gasteiger partial charge in [-0.3, -0.25) is 0 Å². The number of aryl methyl sites for hydroxylation is 2. The molecule has 1 rings (SSSR count). The highest BCUT2D eigenvalue weighted by atomic mass is 28.2. The van der Waals surface area contributed by atoms with Gasteiger partial charge in [0.2, 0.25) is 0 Å². The molecule has 0 N–H and O–H groups in total. The molecule has 51 valence electrons. The van der Waals surface area contributed by atoms with Crippen molar-refractivity contribution in [1.29, 1.82) is 0 Å². The van der Waals surface area contributed by atoms with Crippen LogP contribution in [0.5, 0.6) is 5.75 Å². The molecule has 0 aliphatic rings. The van der Waals surface area contributed by atoms with Crippen LogP contribution in [-0.2, 0) is 0 Å². The molecule has 0 atom stereocenters. The van der Waals surface area contributed by atoms with Crippen LogP contribution in [0.25, 0.3) is 0 Å². The molecule has 3 radical (unpaired) electrons. The molecule has 0 spiro atoms. The molecule has 1 aromatic rings. The molecule has 2 heteroatoms. The molecule has 1 aromatic carbocycles. The number of benzene rings is 1. The van der Waals surface area contributed by atoms with Crippen molar-refractivity contribution in [2.75, 3.05) is 0 Å². The molecule has 0 heterocycles. The van der Waals surface area contributed by atoms with Crippen molar-refractivity contribution >= 4 is 10.5 Å². The molecule has 10 heavy (non-hydrogen) atoms. The third-order valence-electron chi connectivity index (χ3n) is 1.45. The van der Waals surface area contributed by atoms with Gasteiger partial charge < -0.3 is 4.43 Å². The van der Waals surface area contributed by atoms with Crippen molar-refractivity contribution in [1.82, 2.24) is 0 Å². The number of hydrogen-bond donors (Lipinski definition) is 0. The van der Waals surface area contributed by atoms with E-state index in [1.807, 2.05) is 26.0 Å². The van der Waals surface area contributed by atoms with E-state index in [0.717, 1.165) is 11.3 Å². The van der Waals surface area contributed by atoms with Crippen LogP contribution in [-0.4, -0.2) is 10.5 Å². The highest BCUT2D eigenvalue weighted by Crippen LogP contribution is 2.17. The molecular weight excluding hydrogens is 140 g/mol. The van der Waals surface area contributed by atoms with E-state index in [-0.39, 0.29) is 0 Å². The minimum Gasteiger partial charge on any atom is -0.540 e. The second kappa shape index (κ2) is 2.88. The van der Waals surface area contributed by atoms with E-state index in [9.17, 15) is 0 Å². The van der Waals surface area contributed by atoms with E-state index < -0.39 is 0 Å². The van der Waals surface area contributed by atoms with E-state index in [1.165, 1.54) is 5.56 Å². The van der Waals surface area contributed by atoms with Crippen molar-refractivity contribution < 1.29 is 4.43 Å². The summed E-state index contributed by atoms with van der Waals surface area (Å²) in [5.74, 6) is 0.886. The Balaban J connectivity index is 3.09. The first-order valence-electron chi connectivity index (χ1n) is 3.15. The first kappa shape index (κ1) is 7.35. The molecule has 0 aromatic heterocycles. The molecule has 0 saturated carbocycles. The van der Waals surface area contributed by atoms with Crippen molar-refractivity contribution in [3.05, 3.63) is 29.3 Å². The monoisotopic (exact) mass is 149 g/mol. The van der Waals surface area contributed by atoms with Crippen LogP contribution in [0.1, 0.15) is 11.1 Å². The van der Waals surface area contributed by atoms with Gasteiger partial charge in [-0.05, 0) is 31.0 Å². The van der Waals surface area contributed by atoms with Gasteiger partial charge in [0.1, 0.15) is 5.75 Å². The maximum Gasteiger partial charge on any atom is 0.341 e. The van der Waals surface area contributed by atoms with Gasteiger partial charge in [0.05, 0.1) is 0 Å². The molecule has 0 saturated heterocycles. The molecular formula is C8H9OSi. The quantitative estimate of drug-likeness (QED) is 0.553. The van der Waals surface area contributed by atoms with Gasteiger partial charge in [0.25, 0.3) is 0 Å². The molecule has 0 unspecified atom stereocenters. The van der Waals surface area contributed by atoms with Crippen molar-refractivity contribution in [3.8, 4) is 5.75 Å². The predicted octanol–water partition coefficient (Wildman–Crippen LogP) is 1.77. The smallest absolute Gasteiger partial charge is 0.341 e. The number of rotatable bonds is 1. The third kappa shape index (κ3) is 1.39. The summed E-state index contributed by atoms with van der Waals surface area (Å²) >= 11 is 0. The van der Waals surface area contributed by atoms with Gasteiger partial charge in [-0.2, -0.15) is 0 Å². The minimum absolute atomic E-state index is 0.886. The van der Waals surface area contributed by atoms with Gasteiger partial charge in [-0.1, -0.05) is 12.1 Å². The third-order valence-corrected chi connectivity index (χ3v) is 1.67. The lowest BCUT2D eigenvalue weighted by atomic mass is 10.1. The zero-order valence-electron chi connectivity index (χ0n) is 6.14. The second-order valence-electron chi connectivity index (χ2n) is 2.37. The van der Waals surface area contributed by atoms with Gasteiger partial charge in [-0.15, -0.1) is 0 Å². The summed E-state index contributed by atoms with van der Waals surface area (Å²) in [5.41, 5.74) is 2.35.